The Morgan fingerprint density at radius 2 is 2.09 bits per heavy atom. The van der Waals surface area contributed by atoms with Gasteiger partial charge < -0.3 is 25.7 Å². The van der Waals surface area contributed by atoms with E-state index < -0.39 is 12.2 Å². The fraction of sp³-hybridized carbons (Fsp3) is 0.500. The summed E-state index contributed by atoms with van der Waals surface area (Å²) in [6.45, 7) is 4.52. The monoisotopic (exact) mass is 468 g/mol. The van der Waals surface area contributed by atoms with Crippen molar-refractivity contribution in [1.29, 1.82) is 0 Å². The number of carbonyl (C=O) groups is 2. The van der Waals surface area contributed by atoms with Gasteiger partial charge in [0, 0.05) is 37.8 Å². The van der Waals surface area contributed by atoms with Crippen LogP contribution in [0.3, 0.4) is 0 Å². The summed E-state index contributed by atoms with van der Waals surface area (Å²) in [4.78, 5) is 29.7. The first kappa shape index (κ1) is 25.6. The summed E-state index contributed by atoms with van der Waals surface area (Å²) in [5.74, 6) is -0.0280. The summed E-state index contributed by atoms with van der Waals surface area (Å²) in [6, 6.07) is 14.1. The van der Waals surface area contributed by atoms with Crippen molar-refractivity contribution in [2.45, 2.75) is 51.2 Å². The molecule has 3 rings (SSSR count). The average molecular weight is 469 g/mol. The maximum Gasteiger partial charge on any atom is 0.404 e. The van der Waals surface area contributed by atoms with Crippen LogP contribution in [-0.2, 0) is 11.2 Å². The highest BCUT2D eigenvalue weighted by atomic mass is 16.4. The lowest BCUT2D eigenvalue weighted by atomic mass is 10.0. The lowest BCUT2D eigenvalue weighted by Gasteiger charge is -2.26. The number of hydrogen-bond donors (Lipinski definition) is 4. The number of pyridine rings is 1. The van der Waals surface area contributed by atoms with E-state index in [0.717, 1.165) is 43.6 Å². The van der Waals surface area contributed by atoms with Crippen molar-refractivity contribution in [3.63, 3.8) is 0 Å². The van der Waals surface area contributed by atoms with E-state index in [-0.39, 0.29) is 17.9 Å². The van der Waals surface area contributed by atoms with Gasteiger partial charge in [-0.15, -0.1) is 0 Å². The van der Waals surface area contributed by atoms with Crippen LogP contribution >= 0.6 is 0 Å². The summed E-state index contributed by atoms with van der Waals surface area (Å²) >= 11 is 0. The molecule has 0 saturated carbocycles. The molecule has 34 heavy (non-hydrogen) atoms. The number of benzene rings is 1. The van der Waals surface area contributed by atoms with Gasteiger partial charge in [0.1, 0.15) is 0 Å². The molecule has 3 atom stereocenters. The highest BCUT2D eigenvalue weighted by Crippen LogP contribution is 2.19. The first-order valence-electron chi connectivity index (χ1n) is 12.1. The van der Waals surface area contributed by atoms with Crippen LogP contribution in [-0.4, -0.2) is 70.4 Å². The third kappa shape index (κ3) is 8.43. The Labute approximate surface area is 201 Å². The van der Waals surface area contributed by atoms with Crippen LogP contribution in [0.1, 0.15) is 38.2 Å². The lowest BCUT2D eigenvalue weighted by molar-refractivity contribution is -0.123. The van der Waals surface area contributed by atoms with Gasteiger partial charge in [-0.05, 0) is 61.9 Å². The number of aliphatic hydroxyl groups is 1. The van der Waals surface area contributed by atoms with Crippen LogP contribution in [0.2, 0.25) is 0 Å². The molecule has 184 valence electrons. The molecule has 8 heteroatoms. The number of carboxylic acid groups (broad SMARTS) is 1. The molecule has 2 heterocycles. The van der Waals surface area contributed by atoms with Crippen LogP contribution in [0.4, 0.5) is 4.79 Å². The molecule has 8 nitrogen and oxygen atoms in total. The Hall–Kier alpha value is -2.97. The molecule has 0 bridgehead atoms. The van der Waals surface area contributed by atoms with E-state index in [1.165, 1.54) is 5.56 Å². The van der Waals surface area contributed by atoms with E-state index >= 15 is 0 Å². The van der Waals surface area contributed by atoms with E-state index in [1.54, 1.807) is 6.20 Å². The summed E-state index contributed by atoms with van der Waals surface area (Å²) in [7, 11) is 0. The normalized spacial score (nSPS) is 19.7. The fourth-order valence-electron chi connectivity index (χ4n) is 4.40. The Balaban J connectivity index is 1.45. The minimum atomic E-state index is -1.05. The predicted octanol–water partition coefficient (Wildman–Crippen LogP) is 2.92. The number of nitrogens with one attached hydrogen (secondary N) is 2. The molecular weight excluding hydrogens is 432 g/mol. The van der Waals surface area contributed by atoms with Gasteiger partial charge in [0.15, 0.2) is 0 Å². The summed E-state index contributed by atoms with van der Waals surface area (Å²) < 4.78 is 0. The standard InChI is InChI=1S/C26H36N4O4/c1-19(10-13-28-26(33)34)16-25(32)29-23-9-5-14-30(18-24(23)31)15-11-20-6-4-7-21(17-20)22-8-2-3-12-27-22/h2-4,6-8,12,17,19,23-24,28,31H,5,9-11,13-16,18H2,1H3,(H,29,32)(H,33,34)/t19-,23?,24?/m0/s1. The molecule has 4 N–H and O–H groups in total. The van der Waals surface area contributed by atoms with Crippen molar-refractivity contribution in [2.75, 3.05) is 26.2 Å². The van der Waals surface area contributed by atoms with E-state index in [0.29, 0.717) is 25.9 Å². The SMILES string of the molecule is C[C@@H](CCNC(=O)O)CC(=O)NC1CCCN(CCc2cccc(-c3ccccn3)c2)CC1O. The molecule has 0 spiro atoms. The van der Waals surface area contributed by atoms with Crippen LogP contribution in [0.5, 0.6) is 0 Å². The van der Waals surface area contributed by atoms with Crippen LogP contribution < -0.4 is 10.6 Å². The molecule has 1 aromatic heterocycles. The molecule has 1 aliphatic rings. The van der Waals surface area contributed by atoms with Crippen LogP contribution in [0.25, 0.3) is 11.3 Å². The number of β-amino-alcohol motifs (C(OH)–C–C–N with tert-alkyl or cyclic N) is 1. The van der Waals surface area contributed by atoms with E-state index in [4.69, 9.17) is 5.11 Å². The zero-order valence-electron chi connectivity index (χ0n) is 19.8. The van der Waals surface area contributed by atoms with Crippen molar-refractivity contribution >= 4 is 12.0 Å². The van der Waals surface area contributed by atoms with Gasteiger partial charge in [-0.1, -0.05) is 31.2 Å². The number of likely N-dealkylation sites (tertiary alicyclic amines) is 1. The average Bonchev–Trinajstić information content (AvgIpc) is 2.99. The minimum Gasteiger partial charge on any atom is -0.465 e. The molecule has 2 amide bonds. The van der Waals surface area contributed by atoms with Crippen molar-refractivity contribution < 1.29 is 19.8 Å². The van der Waals surface area contributed by atoms with Gasteiger partial charge in [-0.3, -0.25) is 9.78 Å². The fourth-order valence-corrected chi connectivity index (χ4v) is 4.40. The van der Waals surface area contributed by atoms with Gasteiger partial charge >= 0.3 is 6.09 Å². The maximum atomic E-state index is 12.4. The van der Waals surface area contributed by atoms with Gasteiger partial charge in [0.05, 0.1) is 17.8 Å². The van der Waals surface area contributed by atoms with Gasteiger partial charge in [-0.2, -0.15) is 0 Å². The van der Waals surface area contributed by atoms with Crippen LogP contribution in [0.15, 0.2) is 48.7 Å². The van der Waals surface area contributed by atoms with Crippen molar-refractivity contribution in [2.24, 2.45) is 5.92 Å². The largest absolute Gasteiger partial charge is 0.465 e. The number of carbonyl (C=O) groups excluding carboxylic acids is 1. The van der Waals surface area contributed by atoms with Crippen molar-refractivity contribution in [3.8, 4) is 11.3 Å². The number of hydrogen-bond acceptors (Lipinski definition) is 5. The van der Waals surface area contributed by atoms with Crippen molar-refractivity contribution in [3.05, 3.63) is 54.2 Å². The zero-order valence-corrected chi connectivity index (χ0v) is 19.8. The molecule has 1 aliphatic heterocycles. The molecule has 1 aromatic carbocycles. The maximum absolute atomic E-state index is 12.4. The van der Waals surface area contributed by atoms with Crippen molar-refractivity contribution in [1.82, 2.24) is 20.5 Å². The molecule has 0 aliphatic carbocycles. The minimum absolute atomic E-state index is 0.0631. The molecule has 2 aromatic rings. The molecule has 1 fully saturated rings. The third-order valence-electron chi connectivity index (χ3n) is 6.30. The Morgan fingerprint density at radius 3 is 2.85 bits per heavy atom. The smallest absolute Gasteiger partial charge is 0.404 e. The second-order valence-electron chi connectivity index (χ2n) is 9.18. The predicted molar refractivity (Wildman–Crippen MR) is 131 cm³/mol. The van der Waals surface area contributed by atoms with Gasteiger partial charge in [-0.25, -0.2) is 4.79 Å². The van der Waals surface area contributed by atoms with Gasteiger partial charge in [0.25, 0.3) is 0 Å². The highest BCUT2D eigenvalue weighted by molar-refractivity contribution is 5.76. The zero-order chi connectivity index (χ0) is 24.3. The topological polar surface area (TPSA) is 115 Å². The number of aliphatic hydroxyl groups excluding tert-OH is 1. The van der Waals surface area contributed by atoms with E-state index in [1.807, 2.05) is 25.1 Å². The number of nitrogens with zero attached hydrogens (tertiary/aromatic N) is 2. The van der Waals surface area contributed by atoms with E-state index in [2.05, 4.69) is 44.8 Å². The number of amides is 2. The number of aromatic nitrogens is 1. The first-order valence-corrected chi connectivity index (χ1v) is 12.1. The van der Waals surface area contributed by atoms with Gasteiger partial charge in [0.2, 0.25) is 5.91 Å². The third-order valence-corrected chi connectivity index (χ3v) is 6.30. The summed E-state index contributed by atoms with van der Waals surface area (Å²) in [5, 5.41) is 24.7. The van der Waals surface area contributed by atoms with Crippen LogP contribution in [0, 0.1) is 5.92 Å². The molecule has 1 saturated heterocycles. The quantitative estimate of drug-likeness (QED) is 0.426. The Kier molecular flexibility index (Phi) is 9.85. The summed E-state index contributed by atoms with van der Waals surface area (Å²) in [6.07, 6.45) is 3.59. The van der Waals surface area contributed by atoms with E-state index in [9.17, 15) is 14.7 Å². The second kappa shape index (κ2) is 13.1. The first-order chi connectivity index (χ1) is 16.4. The molecule has 2 unspecified atom stereocenters. The second-order valence-corrected chi connectivity index (χ2v) is 9.18. The molecular formula is C26H36N4O4. The lowest BCUT2D eigenvalue weighted by Crippen LogP contribution is -2.46. The molecule has 0 radical (unpaired) electrons. The Bertz CT molecular complexity index is 924. The highest BCUT2D eigenvalue weighted by Gasteiger charge is 2.27. The summed E-state index contributed by atoms with van der Waals surface area (Å²) in [5.41, 5.74) is 3.29. The Morgan fingerprint density at radius 1 is 1.24 bits per heavy atom. The number of rotatable bonds is 10.